The molecule has 1 heterocycles. The fraction of sp³-hybridized carbons (Fsp3) is 0.333. The van der Waals surface area contributed by atoms with Crippen LogP contribution in [-0.4, -0.2) is 13.1 Å². The van der Waals surface area contributed by atoms with Gasteiger partial charge in [-0.2, -0.15) is 11.3 Å². The average Bonchev–Trinajstić information content (AvgIpc) is 2.90. The van der Waals surface area contributed by atoms with Gasteiger partial charge in [-0.1, -0.05) is 6.07 Å². The zero-order valence-electron chi connectivity index (χ0n) is 10.8. The van der Waals surface area contributed by atoms with Gasteiger partial charge in [0.25, 0.3) is 0 Å². The first-order chi connectivity index (χ1) is 9.19. The van der Waals surface area contributed by atoms with Gasteiger partial charge in [0.15, 0.2) is 0 Å². The maximum Gasteiger partial charge on any atom is 0.129 e. The molecule has 0 bridgehead atoms. The number of thiophene rings is 1. The smallest absolute Gasteiger partial charge is 0.129 e. The summed E-state index contributed by atoms with van der Waals surface area (Å²) in [6.45, 7) is 0. The Morgan fingerprint density at radius 1 is 1.26 bits per heavy atom. The monoisotopic (exact) mass is 281 g/mol. The molecule has 1 unspecified atom stereocenters. The summed E-state index contributed by atoms with van der Waals surface area (Å²) in [6.07, 6.45) is 2.48. The molecule has 0 aliphatic carbocycles. The molecule has 0 aliphatic rings. The van der Waals surface area contributed by atoms with Crippen LogP contribution in [-0.2, 0) is 12.8 Å². The maximum absolute atomic E-state index is 13.6. The summed E-state index contributed by atoms with van der Waals surface area (Å²) in [7, 11) is 1.87. The summed E-state index contributed by atoms with van der Waals surface area (Å²) < 4.78 is 26.4. The van der Waals surface area contributed by atoms with E-state index in [-0.39, 0.29) is 6.04 Å². The van der Waals surface area contributed by atoms with Crippen LogP contribution in [0.3, 0.4) is 0 Å². The Hall–Kier alpha value is -1.26. The number of hydrogen-bond acceptors (Lipinski definition) is 2. The fourth-order valence-corrected chi connectivity index (χ4v) is 2.78. The van der Waals surface area contributed by atoms with Gasteiger partial charge in [0, 0.05) is 12.1 Å². The van der Waals surface area contributed by atoms with Crippen molar-refractivity contribution in [1.29, 1.82) is 0 Å². The lowest BCUT2D eigenvalue weighted by Gasteiger charge is -2.16. The van der Waals surface area contributed by atoms with Gasteiger partial charge < -0.3 is 5.32 Å². The predicted molar refractivity (Wildman–Crippen MR) is 75.5 cm³/mol. The second kappa shape index (κ2) is 6.78. The van der Waals surface area contributed by atoms with Crippen molar-refractivity contribution in [3.63, 3.8) is 0 Å². The molecule has 1 N–H and O–H groups in total. The summed E-state index contributed by atoms with van der Waals surface area (Å²) in [4.78, 5) is 0. The van der Waals surface area contributed by atoms with Crippen molar-refractivity contribution in [2.45, 2.75) is 25.3 Å². The van der Waals surface area contributed by atoms with Crippen molar-refractivity contribution < 1.29 is 8.78 Å². The van der Waals surface area contributed by atoms with Crippen LogP contribution in [0.4, 0.5) is 8.78 Å². The van der Waals surface area contributed by atoms with Crippen molar-refractivity contribution in [3.8, 4) is 0 Å². The van der Waals surface area contributed by atoms with Crippen LogP contribution in [0.1, 0.15) is 17.5 Å². The van der Waals surface area contributed by atoms with Gasteiger partial charge >= 0.3 is 0 Å². The van der Waals surface area contributed by atoms with Crippen LogP contribution in [0, 0.1) is 11.6 Å². The highest BCUT2D eigenvalue weighted by Gasteiger charge is 2.11. The lowest BCUT2D eigenvalue weighted by atomic mass is 10.00. The topological polar surface area (TPSA) is 12.0 Å². The molecule has 1 nitrogen and oxygen atoms in total. The van der Waals surface area contributed by atoms with Gasteiger partial charge in [-0.15, -0.1) is 0 Å². The van der Waals surface area contributed by atoms with Gasteiger partial charge in [-0.3, -0.25) is 0 Å². The number of halogens is 2. The minimum atomic E-state index is -0.527. The number of aryl methyl sites for hydroxylation is 1. The van der Waals surface area contributed by atoms with Crippen LogP contribution in [0.2, 0.25) is 0 Å². The summed E-state index contributed by atoms with van der Waals surface area (Å²) in [5.41, 5.74) is 1.87. The highest BCUT2D eigenvalue weighted by molar-refractivity contribution is 7.07. The normalized spacial score (nSPS) is 12.6. The second-order valence-electron chi connectivity index (χ2n) is 4.60. The fourth-order valence-electron chi connectivity index (χ4n) is 2.08. The van der Waals surface area contributed by atoms with Crippen LogP contribution in [0.25, 0.3) is 0 Å². The summed E-state index contributed by atoms with van der Waals surface area (Å²) in [6, 6.07) is 6.08. The molecule has 1 atom stereocenters. The van der Waals surface area contributed by atoms with Crippen molar-refractivity contribution in [2.24, 2.45) is 0 Å². The maximum atomic E-state index is 13.6. The van der Waals surface area contributed by atoms with Gasteiger partial charge in [0.05, 0.1) is 0 Å². The summed E-state index contributed by atoms with van der Waals surface area (Å²) >= 11 is 1.68. The third kappa shape index (κ3) is 4.11. The van der Waals surface area contributed by atoms with E-state index in [1.807, 2.05) is 7.05 Å². The molecule has 1 aromatic heterocycles. The van der Waals surface area contributed by atoms with E-state index in [4.69, 9.17) is 0 Å². The SMILES string of the molecule is CNC(CCc1ccsc1)Cc1ccc(F)cc1F. The number of hydrogen-bond donors (Lipinski definition) is 1. The first kappa shape index (κ1) is 14.2. The van der Waals surface area contributed by atoms with E-state index in [9.17, 15) is 8.78 Å². The van der Waals surface area contributed by atoms with Gasteiger partial charge in [-0.25, -0.2) is 8.78 Å². The zero-order valence-corrected chi connectivity index (χ0v) is 11.6. The predicted octanol–water partition coefficient (Wildman–Crippen LogP) is 3.79. The Kier molecular flexibility index (Phi) is 5.05. The van der Waals surface area contributed by atoms with Gasteiger partial charge in [-0.05, 0) is 60.3 Å². The first-order valence-electron chi connectivity index (χ1n) is 6.31. The summed E-state index contributed by atoms with van der Waals surface area (Å²) in [5.74, 6) is -0.990. The summed E-state index contributed by atoms with van der Waals surface area (Å²) in [5, 5.41) is 7.39. The molecule has 0 saturated carbocycles. The highest BCUT2D eigenvalue weighted by atomic mass is 32.1. The molecular formula is C15H17F2NS. The van der Waals surface area contributed by atoms with E-state index in [1.54, 1.807) is 11.3 Å². The number of rotatable bonds is 6. The molecule has 2 rings (SSSR count). The molecule has 4 heteroatoms. The molecule has 102 valence electrons. The van der Waals surface area contributed by atoms with Gasteiger partial charge in [0.2, 0.25) is 0 Å². The minimum absolute atomic E-state index is 0.194. The molecule has 19 heavy (non-hydrogen) atoms. The molecule has 1 aromatic carbocycles. The minimum Gasteiger partial charge on any atom is -0.317 e. The number of likely N-dealkylation sites (N-methyl/N-ethyl adjacent to an activating group) is 1. The molecule has 2 aromatic rings. The van der Waals surface area contributed by atoms with E-state index >= 15 is 0 Å². The molecule has 0 spiro atoms. The van der Waals surface area contributed by atoms with E-state index in [2.05, 4.69) is 22.1 Å². The molecule has 0 saturated heterocycles. The molecule has 0 aliphatic heterocycles. The Labute approximate surface area is 116 Å². The Morgan fingerprint density at radius 3 is 2.74 bits per heavy atom. The van der Waals surface area contributed by atoms with Crippen molar-refractivity contribution >= 4 is 11.3 Å². The van der Waals surface area contributed by atoms with E-state index in [1.165, 1.54) is 17.7 Å². The van der Waals surface area contributed by atoms with Crippen molar-refractivity contribution in [1.82, 2.24) is 5.32 Å². The molecule has 0 amide bonds. The van der Waals surface area contributed by atoms with E-state index < -0.39 is 11.6 Å². The second-order valence-corrected chi connectivity index (χ2v) is 5.38. The molecule has 0 radical (unpaired) electrons. The lowest BCUT2D eigenvalue weighted by molar-refractivity contribution is 0.501. The molecular weight excluding hydrogens is 264 g/mol. The van der Waals surface area contributed by atoms with Crippen LogP contribution >= 0.6 is 11.3 Å². The van der Waals surface area contributed by atoms with Crippen molar-refractivity contribution in [2.75, 3.05) is 7.05 Å². The van der Waals surface area contributed by atoms with E-state index in [0.717, 1.165) is 18.9 Å². The highest BCUT2D eigenvalue weighted by Crippen LogP contribution is 2.15. The van der Waals surface area contributed by atoms with Gasteiger partial charge in [0.1, 0.15) is 11.6 Å². The third-order valence-electron chi connectivity index (χ3n) is 3.25. The Balaban J connectivity index is 1.94. The number of nitrogens with one attached hydrogen (secondary N) is 1. The average molecular weight is 281 g/mol. The van der Waals surface area contributed by atoms with Crippen molar-refractivity contribution in [3.05, 3.63) is 57.8 Å². The third-order valence-corrected chi connectivity index (χ3v) is 3.98. The zero-order chi connectivity index (χ0) is 13.7. The first-order valence-corrected chi connectivity index (χ1v) is 7.25. The standard InChI is InChI=1S/C15H17F2NS/c1-18-14(5-2-11-6-7-19-10-11)8-12-3-4-13(16)9-15(12)17/h3-4,6-7,9-10,14,18H,2,5,8H2,1H3. The quantitative estimate of drug-likeness (QED) is 0.849. The lowest BCUT2D eigenvalue weighted by Crippen LogP contribution is -2.28. The molecule has 0 fully saturated rings. The Morgan fingerprint density at radius 2 is 2.11 bits per heavy atom. The Bertz CT molecular complexity index is 511. The van der Waals surface area contributed by atoms with Crippen LogP contribution in [0.5, 0.6) is 0 Å². The van der Waals surface area contributed by atoms with Crippen LogP contribution in [0.15, 0.2) is 35.0 Å². The van der Waals surface area contributed by atoms with E-state index in [0.29, 0.717) is 12.0 Å². The largest absolute Gasteiger partial charge is 0.317 e. The number of benzene rings is 1. The van der Waals surface area contributed by atoms with Crippen LogP contribution < -0.4 is 5.32 Å².